The van der Waals surface area contributed by atoms with E-state index >= 15 is 0 Å². The molecule has 0 bridgehead atoms. The summed E-state index contributed by atoms with van der Waals surface area (Å²) in [5, 5.41) is 5.85. The summed E-state index contributed by atoms with van der Waals surface area (Å²) >= 11 is 0. The molecule has 0 saturated carbocycles. The fourth-order valence-corrected chi connectivity index (χ4v) is 1.50. The molecule has 0 aliphatic carbocycles. The normalized spacial score (nSPS) is 18.8. The molecule has 0 N–H and O–H groups in total. The molecule has 0 spiro atoms. The van der Waals surface area contributed by atoms with Crippen molar-refractivity contribution in [3.63, 3.8) is 0 Å². The quantitative estimate of drug-likeness (QED) is 0.196. The Morgan fingerprint density at radius 3 is 1.15 bits per heavy atom. The van der Waals surface area contributed by atoms with E-state index in [1.54, 1.807) is 0 Å². The Bertz CT molecular complexity index is 582. The number of hydrogen-bond acceptors (Lipinski definition) is 0. The monoisotopic (exact) mass is 410 g/mol. The molecule has 7 heteroatoms. The number of nitrogens with zero attached hydrogens (tertiary/aromatic N) is 2. The summed E-state index contributed by atoms with van der Waals surface area (Å²) in [7, 11) is 0. The zero-order valence-electron chi connectivity index (χ0n) is 14.3. The zero-order chi connectivity index (χ0) is 19.0. The van der Waals surface area contributed by atoms with Crippen LogP contribution in [0.5, 0.6) is 0 Å². The third-order valence-corrected chi connectivity index (χ3v) is 2.61. The van der Waals surface area contributed by atoms with E-state index < -0.39 is 24.5 Å². The van der Waals surface area contributed by atoms with Gasteiger partial charge in [-0.15, -0.1) is 0 Å². The van der Waals surface area contributed by atoms with Gasteiger partial charge in [0.2, 0.25) is 0 Å². The molecule has 0 radical (unpaired) electrons. The molecule has 0 aromatic heterocycles. The van der Waals surface area contributed by atoms with E-state index in [4.69, 9.17) is 0 Å². The molecule has 2 aromatic rings. The van der Waals surface area contributed by atoms with Gasteiger partial charge in [0, 0.05) is 11.9 Å². The molecular formula is C20H18F4N2Ti. The number of alkyl halides is 2. The topological polar surface area (TPSA) is 28.2 Å². The van der Waals surface area contributed by atoms with Gasteiger partial charge in [-0.2, -0.15) is 36.4 Å². The maximum absolute atomic E-state index is 11.9. The standard InChI is InChI=1S/2C5H4F2N.2C5H5.Ti/c2*6-4-2-1-3-5(7)8-4;2*1-2-4-5-3-1;/h2*1-4H;2*1-5H;/q4*-1;+4. The molecule has 2 aliphatic rings. The number of rotatable bonds is 0. The Kier molecular flexibility index (Phi) is 14.6. The first kappa shape index (κ1) is 24.7. The van der Waals surface area contributed by atoms with Gasteiger partial charge in [-0.1, -0.05) is 24.3 Å². The third kappa shape index (κ3) is 14.5. The first-order valence-corrected chi connectivity index (χ1v) is 7.69. The van der Waals surface area contributed by atoms with Crippen molar-refractivity contribution in [2.24, 2.45) is 0 Å². The maximum atomic E-state index is 11.9. The van der Waals surface area contributed by atoms with E-state index in [0.29, 0.717) is 0 Å². The van der Waals surface area contributed by atoms with Gasteiger partial charge in [0.25, 0.3) is 0 Å². The van der Waals surface area contributed by atoms with E-state index in [1.165, 1.54) is 24.3 Å². The van der Waals surface area contributed by atoms with Crippen LogP contribution in [0.2, 0.25) is 0 Å². The Labute approximate surface area is 171 Å². The van der Waals surface area contributed by atoms with Crippen molar-refractivity contribution < 1.29 is 39.3 Å². The fourth-order valence-electron chi connectivity index (χ4n) is 1.50. The molecule has 2 aliphatic heterocycles. The molecule has 2 aromatic carbocycles. The van der Waals surface area contributed by atoms with Crippen molar-refractivity contribution in [2.45, 2.75) is 12.6 Å². The first-order chi connectivity index (χ1) is 12.6. The fraction of sp³-hybridized carbons (Fsp3) is 0.100. The molecule has 0 amide bonds. The summed E-state index contributed by atoms with van der Waals surface area (Å²) in [6.45, 7) is 0. The third-order valence-electron chi connectivity index (χ3n) is 2.61. The van der Waals surface area contributed by atoms with Gasteiger partial charge in [-0.05, 0) is 12.2 Å². The predicted molar refractivity (Wildman–Crippen MR) is 97.2 cm³/mol. The smallest absolute Gasteiger partial charge is 0.628 e. The van der Waals surface area contributed by atoms with Crippen molar-refractivity contribution >= 4 is 0 Å². The van der Waals surface area contributed by atoms with Crippen molar-refractivity contribution in [3.8, 4) is 0 Å². The maximum Gasteiger partial charge on any atom is 4.00 e. The van der Waals surface area contributed by atoms with Gasteiger partial charge in [-0.3, -0.25) is 8.78 Å². The van der Waals surface area contributed by atoms with Gasteiger partial charge < -0.3 is 10.6 Å². The van der Waals surface area contributed by atoms with Crippen LogP contribution in [0.3, 0.4) is 0 Å². The average molecular weight is 410 g/mol. The van der Waals surface area contributed by atoms with Crippen LogP contribution in [0.1, 0.15) is 0 Å². The second-order valence-corrected chi connectivity index (χ2v) is 4.68. The van der Waals surface area contributed by atoms with Gasteiger partial charge in [0.05, 0.1) is 12.6 Å². The number of hydrogen-bond donors (Lipinski definition) is 0. The van der Waals surface area contributed by atoms with Crippen LogP contribution in [0.25, 0.3) is 10.6 Å². The van der Waals surface area contributed by atoms with Crippen LogP contribution < -0.4 is 0 Å². The second-order valence-electron chi connectivity index (χ2n) is 4.68. The van der Waals surface area contributed by atoms with E-state index in [9.17, 15) is 17.6 Å². The Morgan fingerprint density at radius 2 is 1.00 bits per heavy atom. The average Bonchev–Trinajstić information content (AvgIpc) is 3.34. The molecule has 2 nitrogen and oxygen atoms in total. The summed E-state index contributed by atoms with van der Waals surface area (Å²) in [5.41, 5.74) is 0. The number of halogens is 4. The minimum atomic E-state index is -1.49. The zero-order valence-corrected chi connectivity index (χ0v) is 15.9. The van der Waals surface area contributed by atoms with Crippen molar-refractivity contribution in [2.75, 3.05) is 0 Å². The van der Waals surface area contributed by atoms with Crippen LogP contribution in [-0.4, -0.2) is 12.6 Å². The van der Waals surface area contributed by atoms with Crippen LogP contribution in [0, 0.1) is 0 Å². The van der Waals surface area contributed by atoms with Crippen LogP contribution in [0.15, 0.2) is 109 Å². The van der Waals surface area contributed by atoms with Gasteiger partial charge in [0.1, 0.15) is 0 Å². The van der Waals surface area contributed by atoms with Crippen LogP contribution in [0.4, 0.5) is 17.6 Å². The molecule has 2 unspecified atom stereocenters. The molecule has 4 rings (SSSR count). The van der Waals surface area contributed by atoms with E-state index in [2.05, 4.69) is 10.6 Å². The van der Waals surface area contributed by atoms with Crippen LogP contribution >= 0.6 is 0 Å². The van der Waals surface area contributed by atoms with Crippen molar-refractivity contribution in [3.05, 3.63) is 120 Å². The van der Waals surface area contributed by atoms with Crippen molar-refractivity contribution in [1.82, 2.24) is 0 Å². The SMILES string of the molecule is FC1=CC=CC(F)[N-]1.FC1=CC=CC(F)[N-]1.[Ti+4].c1cc[cH-]c1.c1cc[cH-]c1. The first-order valence-electron chi connectivity index (χ1n) is 7.69. The summed E-state index contributed by atoms with van der Waals surface area (Å²) in [4.78, 5) is 0. The summed E-state index contributed by atoms with van der Waals surface area (Å²) in [5.74, 6) is -1.50. The molecule has 2 atom stereocenters. The summed E-state index contributed by atoms with van der Waals surface area (Å²) in [6.07, 6.45) is 4.18. The van der Waals surface area contributed by atoms with Gasteiger partial charge >= 0.3 is 21.7 Å². The Balaban J connectivity index is 0.000000337. The molecule has 0 saturated heterocycles. The Morgan fingerprint density at radius 1 is 0.667 bits per heavy atom. The molecule has 2 heterocycles. The van der Waals surface area contributed by atoms with E-state index in [1.807, 2.05) is 60.7 Å². The van der Waals surface area contributed by atoms with E-state index in [0.717, 1.165) is 12.2 Å². The largest absolute Gasteiger partial charge is 4.00 e. The molecule has 140 valence electrons. The van der Waals surface area contributed by atoms with Crippen LogP contribution in [-0.2, 0) is 21.7 Å². The summed E-state index contributed by atoms with van der Waals surface area (Å²) < 4.78 is 47.5. The van der Waals surface area contributed by atoms with Gasteiger partial charge in [0.15, 0.2) is 0 Å². The summed E-state index contributed by atoms with van der Waals surface area (Å²) in [6, 6.07) is 20.0. The molecule has 27 heavy (non-hydrogen) atoms. The van der Waals surface area contributed by atoms with Gasteiger partial charge in [-0.25, -0.2) is 33.0 Å². The molecular weight excluding hydrogens is 392 g/mol. The second kappa shape index (κ2) is 15.9. The number of allylic oxidation sites excluding steroid dienone is 4. The van der Waals surface area contributed by atoms with E-state index in [-0.39, 0.29) is 21.7 Å². The minimum absolute atomic E-state index is 0. The Hall–Kier alpha value is -2.31. The molecule has 0 fully saturated rings. The van der Waals surface area contributed by atoms with Crippen molar-refractivity contribution in [1.29, 1.82) is 0 Å². The predicted octanol–water partition coefficient (Wildman–Crippen LogP) is 6.88. The minimum Gasteiger partial charge on any atom is -0.628 e.